The third-order valence-corrected chi connectivity index (χ3v) is 9.24. The van der Waals surface area contributed by atoms with E-state index in [0.717, 1.165) is 30.5 Å². The first-order valence-corrected chi connectivity index (χ1v) is 17.3. The van der Waals surface area contributed by atoms with Crippen molar-refractivity contribution in [3.63, 3.8) is 0 Å². The molecule has 1 aromatic carbocycles. The van der Waals surface area contributed by atoms with Crippen LogP contribution in [0.2, 0.25) is 5.15 Å². The van der Waals surface area contributed by atoms with Gasteiger partial charge in [-0.1, -0.05) is 16.7 Å². The zero-order valence-corrected chi connectivity index (χ0v) is 29.4. The Morgan fingerprint density at radius 1 is 1.04 bits per heavy atom. The highest BCUT2D eigenvalue weighted by molar-refractivity contribution is 6.31. The SMILES string of the molecule is CC(C)N(C(=O)c1cc(F)ccc1Oc1nnc(Cl)c(N2CCC(Oc3ccnc4c3CN(C(=O)OC(C)(C)C)CC4)CC2)n1)C1CCC1. The molecule has 2 fully saturated rings. The monoisotopic (exact) mass is 695 g/mol. The number of halogens is 2. The molecule has 3 aromatic rings. The van der Waals surface area contributed by atoms with Gasteiger partial charge in [-0.05, 0) is 78.1 Å². The topological polar surface area (TPSA) is 123 Å². The van der Waals surface area contributed by atoms with Gasteiger partial charge in [-0.3, -0.25) is 9.78 Å². The highest BCUT2D eigenvalue weighted by Gasteiger charge is 2.34. The molecule has 0 unspecified atom stereocenters. The molecule has 49 heavy (non-hydrogen) atoms. The normalized spacial score (nSPS) is 17.0. The number of piperidine rings is 1. The Morgan fingerprint density at radius 2 is 1.80 bits per heavy atom. The van der Waals surface area contributed by atoms with Crippen LogP contribution in [0.25, 0.3) is 0 Å². The van der Waals surface area contributed by atoms with Gasteiger partial charge in [-0.25, -0.2) is 9.18 Å². The lowest BCUT2D eigenvalue weighted by Gasteiger charge is -2.40. The maximum Gasteiger partial charge on any atom is 0.410 e. The number of rotatable bonds is 8. The van der Waals surface area contributed by atoms with Gasteiger partial charge >= 0.3 is 12.1 Å². The molecule has 2 aromatic heterocycles. The summed E-state index contributed by atoms with van der Waals surface area (Å²) < 4.78 is 32.5. The Bertz CT molecular complexity index is 1690. The fraction of sp³-hybridized carbons (Fsp3) is 0.543. The molecule has 4 heterocycles. The average Bonchev–Trinajstić information content (AvgIpc) is 3.03. The molecule has 2 amide bonds. The zero-order chi connectivity index (χ0) is 34.9. The Kier molecular flexibility index (Phi) is 10.1. The number of benzene rings is 1. The van der Waals surface area contributed by atoms with Crippen LogP contribution in [0.1, 0.15) is 88.3 Å². The minimum atomic E-state index is -0.581. The summed E-state index contributed by atoms with van der Waals surface area (Å²) in [6.45, 7) is 11.5. The molecule has 0 radical (unpaired) electrons. The number of fused-ring (bicyclic) bond motifs is 1. The lowest BCUT2D eigenvalue weighted by molar-refractivity contribution is 0.0219. The molecular formula is C35H43ClFN7O5. The van der Waals surface area contributed by atoms with Crippen LogP contribution in [-0.2, 0) is 17.7 Å². The second-order valence-corrected chi connectivity index (χ2v) is 14.4. The van der Waals surface area contributed by atoms with E-state index in [1.54, 1.807) is 16.0 Å². The number of hydrogen-bond donors (Lipinski definition) is 0. The van der Waals surface area contributed by atoms with Crippen molar-refractivity contribution in [2.75, 3.05) is 24.5 Å². The molecule has 1 aliphatic carbocycles. The van der Waals surface area contributed by atoms with E-state index in [4.69, 9.17) is 25.8 Å². The van der Waals surface area contributed by atoms with Gasteiger partial charge in [-0.2, -0.15) is 4.98 Å². The lowest BCUT2D eigenvalue weighted by atomic mass is 9.90. The van der Waals surface area contributed by atoms with E-state index in [-0.39, 0.29) is 52.7 Å². The summed E-state index contributed by atoms with van der Waals surface area (Å²) in [4.78, 5) is 41.0. The summed E-state index contributed by atoms with van der Waals surface area (Å²) in [7, 11) is 0. The van der Waals surface area contributed by atoms with Gasteiger partial charge in [0.1, 0.15) is 29.0 Å². The summed E-state index contributed by atoms with van der Waals surface area (Å²) in [6.07, 6.45) is 6.17. The maximum absolute atomic E-state index is 14.4. The second-order valence-electron chi connectivity index (χ2n) is 14.0. The fourth-order valence-electron chi connectivity index (χ4n) is 6.39. The fourth-order valence-corrected chi connectivity index (χ4v) is 6.59. The number of ether oxygens (including phenoxy) is 3. The Morgan fingerprint density at radius 3 is 2.47 bits per heavy atom. The first-order chi connectivity index (χ1) is 23.4. The van der Waals surface area contributed by atoms with E-state index >= 15 is 0 Å². The molecule has 0 atom stereocenters. The summed E-state index contributed by atoms with van der Waals surface area (Å²) in [6, 6.07) is 5.64. The molecule has 0 bridgehead atoms. The van der Waals surface area contributed by atoms with Crippen LogP contribution < -0.4 is 14.4 Å². The highest BCUT2D eigenvalue weighted by atomic mass is 35.5. The predicted molar refractivity (Wildman–Crippen MR) is 181 cm³/mol. The summed E-state index contributed by atoms with van der Waals surface area (Å²) in [5, 5.41) is 8.20. The second kappa shape index (κ2) is 14.3. The van der Waals surface area contributed by atoms with Crippen molar-refractivity contribution in [2.45, 2.75) is 103 Å². The smallest absolute Gasteiger partial charge is 0.410 e. The van der Waals surface area contributed by atoms with Crippen molar-refractivity contribution < 1.29 is 28.2 Å². The van der Waals surface area contributed by atoms with Crippen molar-refractivity contribution in [3.05, 3.63) is 58.3 Å². The van der Waals surface area contributed by atoms with Crippen LogP contribution in [0.3, 0.4) is 0 Å². The molecular weight excluding hydrogens is 653 g/mol. The van der Waals surface area contributed by atoms with Gasteiger partial charge in [0.15, 0.2) is 11.0 Å². The van der Waals surface area contributed by atoms with Gasteiger partial charge in [-0.15, -0.1) is 5.10 Å². The average molecular weight is 696 g/mol. The van der Waals surface area contributed by atoms with Gasteiger partial charge in [0, 0.05) is 62.7 Å². The molecule has 14 heteroatoms. The van der Waals surface area contributed by atoms with Gasteiger partial charge in [0.2, 0.25) is 0 Å². The van der Waals surface area contributed by atoms with Crippen molar-refractivity contribution in [1.82, 2.24) is 30.0 Å². The first-order valence-electron chi connectivity index (χ1n) is 16.9. The standard InChI is InChI=1S/C35H43ClFN7O5/c1-21(2)44(23-7-6-8-23)32(45)25-19-22(37)9-10-28(25)48-33-39-31(30(36)40-41-33)42-16-12-24(13-17-42)47-29-11-15-38-27-14-18-43(20-26(27)29)34(46)49-35(3,4)5/h9-11,15,19,21,23-24H,6-8,12-14,16-18,20H2,1-5H3. The largest absolute Gasteiger partial charge is 0.490 e. The van der Waals surface area contributed by atoms with Crippen molar-refractivity contribution in [2.24, 2.45) is 0 Å². The van der Waals surface area contributed by atoms with Gasteiger partial charge < -0.3 is 28.9 Å². The number of aromatic nitrogens is 4. The number of nitrogens with zero attached hydrogens (tertiary/aromatic N) is 7. The van der Waals surface area contributed by atoms with Crippen molar-refractivity contribution in [1.29, 1.82) is 0 Å². The lowest BCUT2D eigenvalue weighted by Crippen LogP contribution is -2.48. The molecule has 12 nitrogen and oxygen atoms in total. The van der Waals surface area contributed by atoms with Gasteiger partial charge in [0.25, 0.3) is 5.91 Å². The number of pyridine rings is 1. The number of carbonyl (C=O) groups is 2. The number of amides is 2. The minimum Gasteiger partial charge on any atom is -0.490 e. The summed E-state index contributed by atoms with van der Waals surface area (Å²) in [5.41, 5.74) is 1.34. The molecule has 2 aliphatic heterocycles. The molecule has 6 rings (SSSR count). The molecule has 1 saturated heterocycles. The molecule has 262 valence electrons. The minimum absolute atomic E-state index is 0.0585. The first kappa shape index (κ1) is 34.6. The number of anilines is 1. The molecule has 1 saturated carbocycles. The van der Waals surface area contributed by atoms with E-state index in [1.807, 2.05) is 45.6 Å². The Hall–Kier alpha value is -4.26. The molecule has 0 spiro atoms. The van der Waals surface area contributed by atoms with E-state index < -0.39 is 11.4 Å². The summed E-state index contributed by atoms with van der Waals surface area (Å²) in [5.74, 6) is 0.414. The number of carbonyl (C=O) groups excluding carboxylic acids is 2. The van der Waals surface area contributed by atoms with Crippen LogP contribution in [0.4, 0.5) is 15.0 Å². The van der Waals surface area contributed by atoms with E-state index in [9.17, 15) is 14.0 Å². The van der Waals surface area contributed by atoms with Crippen LogP contribution in [-0.4, -0.2) is 85.4 Å². The number of hydrogen-bond acceptors (Lipinski definition) is 10. The zero-order valence-electron chi connectivity index (χ0n) is 28.6. The van der Waals surface area contributed by atoms with Gasteiger partial charge in [0.05, 0.1) is 17.8 Å². The van der Waals surface area contributed by atoms with E-state index in [1.165, 1.54) is 18.2 Å². The van der Waals surface area contributed by atoms with Crippen molar-refractivity contribution >= 4 is 29.4 Å². The van der Waals surface area contributed by atoms with Crippen LogP contribution >= 0.6 is 11.6 Å². The third-order valence-electron chi connectivity index (χ3n) is 9.00. The highest BCUT2D eigenvalue weighted by Crippen LogP contribution is 2.34. The van der Waals surface area contributed by atoms with Crippen LogP contribution in [0.5, 0.6) is 17.5 Å². The summed E-state index contributed by atoms with van der Waals surface area (Å²) >= 11 is 6.47. The molecule has 3 aliphatic rings. The Balaban J connectivity index is 1.12. The molecule has 0 N–H and O–H groups in total. The maximum atomic E-state index is 14.4. The predicted octanol–water partition coefficient (Wildman–Crippen LogP) is 6.60. The Labute approximate surface area is 290 Å². The third kappa shape index (κ3) is 7.98. The van der Waals surface area contributed by atoms with Crippen LogP contribution in [0, 0.1) is 5.82 Å². The quantitative estimate of drug-likeness (QED) is 0.255. The van der Waals surface area contributed by atoms with Crippen molar-refractivity contribution in [3.8, 4) is 17.5 Å². The van der Waals surface area contributed by atoms with E-state index in [0.29, 0.717) is 57.0 Å². The van der Waals surface area contributed by atoms with E-state index in [2.05, 4.69) is 20.2 Å². The van der Waals surface area contributed by atoms with Crippen LogP contribution in [0.15, 0.2) is 30.5 Å².